The van der Waals surface area contributed by atoms with E-state index < -0.39 is 0 Å². The number of rotatable bonds is 6. The summed E-state index contributed by atoms with van der Waals surface area (Å²) in [7, 11) is 1.95. The minimum atomic E-state index is 0.381. The molecule has 1 heterocycles. The summed E-state index contributed by atoms with van der Waals surface area (Å²) in [5.74, 6) is 2.36. The van der Waals surface area contributed by atoms with Gasteiger partial charge in [0.05, 0.1) is 6.20 Å². The predicted molar refractivity (Wildman–Crippen MR) is 67.2 cm³/mol. The zero-order valence-electron chi connectivity index (χ0n) is 10.0. The maximum Gasteiger partial charge on any atom is 0.0537 e. The van der Waals surface area contributed by atoms with Gasteiger partial charge in [-0.3, -0.25) is 4.68 Å². The van der Waals surface area contributed by atoms with Gasteiger partial charge in [-0.05, 0) is 19.6 Å². The fourth-order valence-electron chi connectivity index (χ4n) is 1.53. The number of hydrogen-bond donors (Lipinski definition) is 1. The van der Waals surface area contributed by atoms with Gasteiger partial charge in [0.2, 0.25) is 0 Å². The van der Waals surface area contributed by atoms with E-state index >= 15 is 0 Å². The molecule has 1 rings (SSSR count). The highest BCUT2D eigenvalue weighted by molar-refractivity contribution is 7.99. The number of aryl methyl sites for hydroxylation is 1. The van der Waals surface area contributed by atoms with Crippen LogP contribution < -0.4 is 5.32 Å². The van der Waals surface area contributed by atoms with Crippen molar-refractivity contribution in [2.24, 2.45) is 7.05 Å². The predicted octanol–water partition coefficient (Wildman–Crippen LogP) is 2.21. The molecule has 0 radical (unpaired) electrons. The first kappa shape index (κ1) is 12.6. The second kappa shape index (κ2) is 6.18. The van der Waals surface area contributed by atoms with Gasteiger partial charge in [0.25, 0.3) is 0 Å². The summed E-state index contributed by atoms with van der Waals surface area (Å²) in [5, 5.41) is 7.75. The van der Waals surface area contributed by atoms with Gasteiger partial charge in [-0.1, -0.05) is 6.92 Å². The second-order valence-electron chi connectivity index (χ2n) is 3.90. The van der Waals surface area contributed by atoms with Crippen LogP contribution in [0.25, 0.3) is 0 Å². The zero-order valence-corrected chi connectivity index (χ0v) is 10.8. The Balaban J connectivity index is 2.38. The normalized spacial score (nSPS) is 15.2. The molecule has 0 aromatic carbocycles. The first-order valence-electron chi connectivity index (χ1n) is 5.45. The summed E-state index contributed by atoms with van der Waals surface area (Å²) in [4.78, 5) is 0. The maximum absolute atomic E-state index is 4.18. The molecule has 0 aliphatic carbocycles. The molecule has 4 heteroatoms. The van der Waals surface area contributed by atoms with E-state index in [1.54, 1.807) is 0 Å². The molecule has 2 atom stereocenters. The van der Waals surface area contributed by atoms with Crippen molar-refractivity contribution < 1.29 is 0 Å². The van der Waals surface area contributed by atoms with Crippen molar-refractivity contribution in [3.8, 4) is 0 Å². The molecule has 1 N–H and O–H groups in total. The van der Waals surface area contributed by atoms with Gasteiger partial charge in [-0.25, -0.2) is 0 Å². The van der Waals surface area contributed by atoms with Crippen molar-refractivity contribution in [2.45, 2.75) is 32.9 Å². The van der Waals surface area contributed by atoms with E-state index in [4.69, 9.17) is 0 Å². The molecule has 1 aromatic rings. The van der Waals surface area contributed by atoms with Gasteiger partial charge in [-0.15, -0.1) is 0 Å². The number of thioether (sulfide) groups is 1. The van der Waals surface area contributed by atoms with Crippen molar-refractivity contribution in [2.75, 3.05) is 11.5 Å². The van der Waals surface area contributed by atoms with Gasteiger partial charge < -0.3 is 5.32 Å². The van der Waals surface area contributed by atoms with Crippen LogP contribution in [0.4, 0.5) is 0 Å². The smallest absolute Gasteiger partial charge is 0.0537 e. The van der Waals surface area contributed by atoms with E-state index in [-0.39, 0.29) is 0 Å². The molecular formula is C11H21N3S. The molecule has 1 aromatic heterocycles. The average molecular weight is 227 g/mol. The van der Waals surface area contributed by atoms with Crippen LogP contribution >= 0.6 is 11.8 Å². The Morgan fingerprint density at radius 1 is 1.53 bits per heavy atom. The molecule has 0 amide bonds. The molecule has 0 spiro atoms. The number of nitrogens with one attached hydrogen (secondary N) is 1. The molecule has 3 nitrogen and oxygen atoms in total. The minimum absolute atomic E-state index is 0.381. The summed E-state index contributed by atoms with van der Waals surface area (Å²) in [6, 6.07) is 0.927. The number of hydrogen-bond acceptors (Lipinski definition) is 3. The third-order valence-electron chi connectivity index (χ3n) is 2.33. The SMILES string of the molecule is CCSCC(C)NC(C)c1cnn(C)c1. The van der Waals surface area contributed by atoms with E-state index in [0.717, 1.165) is 0 Å². The van der Waals surface area contributed by atoms with E-state index in [9.17, 15) is 0 Å². The van der Waals surface area contributed by atoms with Crippen molar-refractivity contribution >= 4 is 11.8 Å². The lowest BCUT2D eigenvalue weighted by Crippen LogP contribution is -2.30. The number of aromatic nitrogens is 2. The quantitative estimate of drug-likeness (QED) is 0.808. The molecule has 0 aliphatic rings. The maximum atomic E-state index is 4.18. The van der Waals surface area contributed by atoms with E-state index in [1.165, 1.54) is 17.1 Å². The Kier molecular flexibility index (Phi) is 5.19. The van der Waals surface area contributed by atoms with Crippen LogP contribution in [-0.4, -0.2) is 27.3 Å². The summed E-state index contributed by atoms with van der Waals surface area (Å²) in [6.07, 6.45) is 3.99. The third kappa shape index (κ3) is 4.26. The topological polar surface area (TPSA) is 29.9 Å². The molecule has 86 valence electrons. The standard InChI is InChI=1S/C11H21N3S/c1-5-15-8-9(2)13-10(3)11-6-12-14(4)7-11/h6-7,9-10,13H,5,8H2,1-4H3. The van der Waals surface area contributed by atoms with Crippen LogP contribution in [0.1, 0.15) is 32.4 Å². The van der Waals surface area contributed by atoms with Crippen LogP contribution in [0, 0.1) is 0 Å². The fraction of sp³-hybridized carbons (Fsp3) is 0.727. The highest BCUT2D eigenvalue weighted by atomic mass is 32.2. The highest BCUT2D eigenvalue weighted by Gasteiger charge is 2.10. The van der Waals surface area contributed by atoms with Gasteiger partial charge in [0, 0.05) is 36.6 Å². The zero-order chi connectivity index (χ0) is 11.3. The highest BCUT2D eigenvalue weighted by Crippen LogP contribution is 2.12. The van der Waals surface area contributed by atoms with Crippen LogP contribution in [0.15, 0.2) is 12.4 Å². The van der Waals surface area contributed by atoms with Crippen molar-refractivity contribution in [1.29, 1.82) is 0 Å². The lowest BCUT2D eigenvalue weighted by atomic mass is 10.2. The Morgan fingerprint density at radius 2 is 2.27 bits per heavy atom. The fourth-order valence-corrected chi connectivity index (χ4v) is 2.21. The van der Waals surface area contributed by atoms with Gasteiger partial charge >= 0.3 is 0 Å². The lowest BCUT2D eigenvalue weighted by Gasteiger charge is -2.18. The molecule has 2 unspecified atom stereocenters. The molecule has 0 fully saturated rings. The molecule has 0 bridgehead atoms. The summed E-state index contributed by atoms with van der Waals surface area (Å²) < 4.78 is 1.85. The Labute approximate surface area is 96.6 Å². The van der Waals surface area contributed by atoms with Crippen LogP contribution in [0.2, 0.25) is 0 Å². The Hall–Kier alpha value is -0.480. The van der Waals surface area contributed by atoms with Gasteiger partial charge in [0.15, 0.2) is 0 Å². The van der Waals surface area contributed by atoms with E-state index in [2.05, 4.69) is 37.4 Å². The first-order valence-corrected chi connectivity index (χ1v) is 6.61. The molecule has 0 aliphatic heterocycles. The van der Waals surface area contributed by atoms with Gasteiger partial charge in [0.1, 0.15) is 0 Å². The first-order chi connectivity index (χ1) is 7.13. The van der Waals surface area contributed by atoms with Crippen LogP contribution in [-0.2, 0) is 7.05 Å². The molecular weight excluding hydrogens is 206 g/mol. The number of nitrogens with zero attached hydrogens (tertiary/aromatic N) is 2. The third-order valence-corrected chi connectivity index (χ3v) is 3.48. The average Bonchev–Trinajstić information content (AvgIpc) is 2.61. The summed E-state index contributed by atoms with van der Waals surface area (Å²) >= 11 is 1.98. The molecule has 0 saturated carbocycles. The van der Waals surface area contributed by atoms with Crippen molar-refractivity contribution in [1.82, 2.24) is 15.1 Å². The summed E-state index contributed by atoms with van der Waals surface area (Å²) in [6.45, 7) is 6.61. The van der Waals surface area contributed by atoms with Crippen molar-refractivity contribution in [3.05, 3.63) is 18.0 Å². The van der Waals surface area contributed by atoms with Gasteiger partial charge in [-0.2, -0.15) is 16.9 Å². The molecule has 15 heavy (non-hydrogen) atoms. The minimum Gasteiger partial charge on any atom is -0.307 e. The monoisotopic (exact) mass is 227 g/mol. The lowest BCUT2D eigenvalue weighted by molar-refractivity contribution is 0.511. The van der Waals surface area contributed by atoms with Crippen molar-refractivity contribution in [3.63, 3.8) is 0 Å². The van der Waals surface area contributed by atoms with E-state index in [1.807, 2.05) is 29.7 Å². The summed E-state index contributed by atoms with van der Waals surface area (Å²) in [5.41, 5.74) is 1.26. The Bertz CT molecular complexity index is 285. The van der Waals surface area contributed by atoms with Crippen LogP contribution in [0.3, 0.4) is 0 Å². The van der Waals surface area contributed by atoms with Crippen LogP contribution in [0.5, 0.6) is 0 Å². The second-order valence-corrected chi connectivity index (χ2v) is 5.22. The van der Waals surface area contributed by atoms with E-state index in [0.29, 0.717) is 12.1 Å². The largest absolute Gasteiger partial charge is 0.307 e. The molecule has 0 saturated heterocycles. The Morgan fingerprint density at radius 3 is 2.80 bits per heavy atom.